The number of hydrogen-bond acceptors (Lipinski definition) is 7. The van der Waals surface area contributed by atoms with Gasteiger partial charge in [0.25, 0.3) is 5.56 Å². The highest BCUT2D eigenvalue weighted by Crippen LogP contribution is 2.21. The quantitative estimate of drug-likeness (QED) is 0.527. The summed E-state index contributed by atoms with van der Waals surface area (Å²) in [6.45, 7) is 2.44. The second kappa shape index (κ2) is 9.90. The molecule has 2 heterocycles. The van der Waals surface area contributed by atoms with Crippen LogP contribution in [0.15, 0.2) is 50.6 Å². The molecule has 0 spiro atoms. The number of nitrogen functional groups attached to an aromatic ring is 1. The van der Waals surface area contributed by atoms with Crippen LogP contribution in [0.3, 0.4) is 0 Å². The van der Waals surface area contributed by atoms with Gasteiger partial charge in [0.1, 0.15) is 12.1 Å². The van der Waals surface area contributed by atoms with Crippen LogP contribution in [-0.2, 0) is 22.5 Å². The molecule has 3 rings (SSSR count). The maximum Gasteiger partial charge on any atom is 0.330 e. The Morgan fingerprint density at radius 2 is 2.03 bits per heavy atom. The van der Waals surface area contributed by atoms with Crippen molar-refractivity contribution < 1.29 is 13.9 Å². The van der Waals surface area contributed by atoms with Crippen molar-refractivity contribution in [2.45, 2.75) is 26.3 Å². The van der Waals surface area contributed by atoms with Gasteiger partial charge in [0.2, 0.25) is 11.8 Å². The summed E-state index contributed by atoms with van der Waals surface area (Å²) in [4.78, 5) is 45.6. The molecular formula is C21H25N5O5. The molecule has 0 bridgehead atoms. The van der Waals surface area contributed by atoms with Gasteiger partial charge in [-0.05, 0) is 18.6 Å². The van der Waals surface area contributed by atoms with Crippen LogP contribution in [0.5, 0.6) is 0 Å². The van der Waals surface area contributed by atoms with Crippen LogP contribution < -0.4 is 21.9 Å². The first kappa shape index (κ1) is 22.0. The third kappa shape index (κ3) is 4.92. The second-order valence-corrected chi connectivity index (χ2v) is 6.87. The van der Waals surface area contributed by atoms with E-state index in [1.54, 1.807) is 0 Å². The maximum atomic E-state index is 13.1. The number of anilines is 2. The largest absolute Gasteiger partial charge is 0.444 e. The SMILES string of the molecule is CCCn1c(N)c(N(CCOC)C(=O)Cc2coc(-c3ccccc3)n2)c(=O)[nH]c1=O. The van der Waals surface area contributed by atoms with Crippen molar-refractivity contribution >= 4 is 17.4 Å². The van der Waals surface area contributed by atoms with Crippen molar-refractivity contribution in [2.24, 2.45) is 0 Å². The molecule has 0 radical (unpaired) electrons. The number of nitrogens with two attached hydrogens (primary N) is 1. The number of nitrogens with zero attached hydrogens (tertiary/aromatic N) is 3. The number of oxazole rings is 1. The van der Waals surface area contributed by atoms with E-state index in [0.717, 1.165) is 5.56 Å². The monoisotopic (exact) mass is 427 g/mol. The van der Waals surface area contributed by atoms with Crippen molar-refractivity contribution in [1.82, 2.24) is 14.5 Å². The molecule has 164 valence electrons. The van der Waals surface area contributed by atoms with Crippen molar-refractivity contribution in [3.63, 3.8) is 0 Å². The van der Waals surface area contributed by atoms with Crippen molar-refractivity contribution in [2.75, 3.05) is 30.9 Å². The van der Waals surface area contributed by atoms with Crippen LogP contribution in [0, 0.1) is 0 Å². The molecule has 0 saturated heterocycles. The molecule has 0 atom stereocenters. The molecule has 0 saturated carbocycles. The van der Waals surface area contributed by atoms with Crippen LogP contribution >= 0.6 is 0 Å². The van der Waals surface area contributed by atoms with Gasteiger partial charge in [-0.3, -0.25) is 19.1 Å². The van der Waals surface area contributed by atoms with Crippen LogP contribution in [-0.4, -0.2) is 40.7 Å². The van der Waals surface area contributed by atoms with Crippen LogP contribution in [0.2, 0.25) is 0 Å². The van der Waals surface area contributed by atoms with Crippen molar-refractivity contribution in [1.29, 1.82) is 0 Å². The summed E-state index contributed by atoms with van der Waals surface area (Å²) in [6, 6.07) is 9.29. The third-order valence-corrected chi connectivity index (χ3v) is 4.66. The predicted octanol–water partition coefficient (Wildman–Crippen LogP) is 1.41. The zero-order chi connectivity index (χ0) is 22.4. The molecule has 3 aromatic rings. The number of ether oxygens (including phenoxy) is 1. The Balaban J connectivity index is 1.92. The zero-order valence-electron chi connectivity index (χ0n) is 17.5. The minimum absolute atomic E-state index is 0.0646. The summed E-state index contributed by atoms with van der Waals surface area (Å²) in [7, 11) is 1.48. The number of aromatic amines is 1. The summed E-state index contributed by atoms with van der Waals surface area (Å²) in [5, 5.41) is 0. The van der Waals surface area contributed by atoms with E-state index in [1.807, 2.05) is 37.3 Å². The number of nitrogens with one attached hydrogen (secondary N) is 1. The summed E-state index contributed by atoms with van der Waals surface area (Å²) >= 11 is 0. The molecule has 0 fully saturated rings. The molecule has 0 unspecified atom stereocenters. The minimum atomic E-state index is -0.732. The van der Waals surface area contributed by atoms with Gasteiger partial charge in [-0.15, -0.1) is 0 Å². The Labute approximate surface area is 178 Å². The Bertz CT molecular complexity index is 1150. The number of methoxy groups -OCH3 is 1. The lowest BCUT2D eigenvalue weighted by Crippen LogP contribution is -2.43. The van der Waals surface area contributed by atoms with E-state index in [9.17, 15) is 14.4 Å². The van der Waals surface area contributed by atoms with Crippen LogP contribution in [0.4, 0.5) is 11.5 Å². The molecule has 0 aliphatic carbocycles. The van der Waals surface area contributed by atoms with E-state index in [2.05, 4.69) is 9.97 Å². The molecule has 1 aromatic carbocycles. The lowest BCUT2D eigenvalue weighted by atomic mass is 10.2. The number of carbonyl (C=O) groups excluding carboxylic acids is 1. The van der Waals surface area contributed by atoms with Gasteiger partial charge in [0.05, 0.1) is 18.7 Å². The molecular weight excluding hydrogens is 402 g/mol. The first-order valence-corrected chi connectivity index (χ1v) is 9.88. The highest BCUT2D eigenvalue weighted by Gasteiger charge is 2.25. The van der Waals surface area contributed by atoms with E-state index in [1.165, 1.54) is 22.8 Å². The molecule has 10 heteroatoms. The molecule has 0 aliphatic rings. The zero-order valence-corrected chi connectivity index (χ0v) is 17.5. The highest BCUT2D eigenvalue weighted by atomic mass is 16.5. The van der Waals surface area contributed by atoms with E-state index in [4.69, 9.17) is 14.9 Å². The number of aromatic nitrogens is 3. The van der Waals surface area contributed by atoms with Crippen LogP contribution in [0.25, 0.3) is 11.5 Å². The highest BCUT2D eigenvalue weighted by molar-refractivity contribution is 5.96. The summed E-state index contributed by atoms with van der Waals surface area (Å²) < 4.78 is 11.8. The lowest BCUT2D eigenvalue weighted by Gasteiger charge is -2.24. The van der Waals surface area contributed by atoms with Gasteiger partial charge >= 0.3 is 5.69 Å². The number of hydrogen-bond donors (Lipinski definition) is 2. The average Bonchev–Trinajstić information content (AvgIpc) is 3.22. The Hall–Kier alpha value is -3.66. The maximum absolute atomic E-state index is 13.1. The average molecular weight is 427 g/mol. The minimum Gasteiger partial charge on any atom is -0.444 e. The molecule has 3 N–H and O–H groups in total. The lowest BCUT2D eigenvalue weighted by molar-refractivity contribution is -0.118. The standard InChI is InChI=1S/C21H25N5O5/c1-3-9-26-18(22)17(19(28)24-21(26)29)25(10-11-30-2)16(27)12-15-13-31-20(23-15)14-7-5-4-6-8-14/h4-8,13H,3,9-12,22H2,1-2H3,(H,24,28,29). The number of benzene rings is 1. The number of amides is 1. The van der Waals surface area contributed by atoms with Crippen LogP contribution in [0.1, 0.15) is 19.0 Å². The fourth-order valence-corrected chi connectivity index (χ4v) is 3.18. The molecule has 1 amide bonds. The Kier molecular flexibility index (Phi) is 7.03. The van der Waals surface area contributed by atoms with Gasteiger partial charge in [-0.2, -0.15) is 0 Å². The van der Waals surface area contributed by atoms with Crippen molar-refractivity contribution in [3.05, 3.63) is 63.1 Å². The Morgan fingerprint density at radius 1 is 1.29 bits per heavy atom. The summed E-state index contributed by atoms with van der Waals surface area (Å²) in [6.07, 6.45) is 1.91. The van der Waals surface area contributed by atoms with Crippen molar-refractivity contribution in [3.8, 4) is 11.5 Å². The van der Waals surface area contributed by atoms with Gasteiger partial charge in [-0.1, -0.05) is 25.1 Å². The molecule has 0 aliphatic heterocycles. The third-order valence-electron chi connectivity index (χ3n) is 4.66. The fraction of sp³-hybridized carbons (Fsp3) is 0.333. The smallest absolute Gasteiger partial charge is 0.330 e. The molecule has 31 heavy (non-hydrogen) atoms. The van der Waals surface area contributed by atoms with Gasteiger partial charge in [0.15, 0.2) is 5.69 Å². The van der Waals surface area contributed by atoms with E-state index < -0.39 is 17.2 Å². The predicted molar refractivity (Wildman–Crippen MR) is 116 cm³/mol. The summed E-state index contributed by atoms with van der Waals surface area (Å²) in [5.74, 6) is -0.102. The summed E-state index contributed by atoms with van der Waals surface area (Å²) in [5.41, 5.74) is 5.89. The first-order valence-electron chi connectivity index (χ1n) is 9.88. The fourth-order valence-electron chi connectivity index (χ4n) is 3.18. The Morgan fingerprint density at radius 3 is 2.71 bits per heavy atom. The molecule has 2 aromatic heterocycles. The topological polar surface area (TPSA) is 136 Å². The van der Waals surface area contributed by atoms with E-state index >= 15 is 0 Å². The number of H-pyrrole nitrogens is 1. The van der Waals surface area contributed by atoms with Gasteiger partial charge in [-0.25, -0.2) is 9.78 Å². The number of carbonyl (C=O) groups is 1. The first-order chi connectivity index (χ1) is 15.0. The van der Waals surface area contributed by atoms with E-state index in [0.29, 0.717) is 24.6 Å². The van der Waals surface area contributed by atoms with E-state index in [-0.39, 0.29) is 31.1 Å². The second-order valence-electron chi connectivity index (χ2n) is 6.87. The number of rotatable bonds is 9. The normalized spacial score (nSPS) is 10.9. The molecule has 10 nitrogen and oxygen atoms in total. The van der Waals surface area contributed by atoms with Gasteiger partial charge in [0, 0.05) is 25.8 Å². The van der Waals surface area contributed by atoms with Gasteiger partial charge < -0.3 is 19.8 Å².